The van der Waals surface area contributed by atoms with Crippen LogP contribution in [-0.4, -0.2) is 11.0 Å². The monoisotopic (exact) mass is 755 g/mol. The first-order chi connectivity index (χ1) is 24.8. The Bertz CT molecular complexity index is 1630. The minimum atomic E-state index is -0.812. The second-order valence-electron chi connectivity index (χ2n) is 13.7. The Hall–Kier alpha value is -2.82. The number of benzene rings is 3. The summed E-state index contributed by atoms with van der Waals surface area (Å²) in [5, 5.41) is 15.8. The van der Waals surface area contributed by atoms with Gasteiger partial charge in [-0.05, 0) is 106 Å². The molecule has 1 atom stereocenters. The predicted octanol–water partition coefficient (Wildman–Crippen LogP) is 15.5. The number of carbonyl (C=O) groups is 1. The highest BCUT2D eigenvalue weighted by molar-refractivity contribution is 6.34. The van der Waals surface area contributed by atoms with Gasteiger partial charge in [-0.1, -0.05) is 157 Å². The van der Waals surface area contributed by atoms with Gasteiger partial charge in [0.2, 0.25) is 5.91 Å². The Balaban J connectivity index is 0.00000109. The summed E-state index contributed by atoms with van der Waals surface area (Å²) in [4.78, 5) is 13.8. The lowest BCUT2D eigenvalue weighted by atomic mass is 9.70. The van der Waals surface area contributed by atoms with Gasteiger partial charge in [-0.3, -0.25) is 4.79 Å². The number of nitrogens with one attached hydrogen (secondary N) is 1. The zero-order chi connectivity index (χ0) is 39.8. The average molecular weight is 757 g/mol. The van der Waals surface area contributed by atoms with Gasteiger partial charge in [0.15, 0.2) is 0 Å². The molecule has 3 aromatic carbocycles. The molecule has 0 fully saturated rings. The Kier molecular flexibility index (Phi) is 20.9. The lowest BCUT2D eigenvalue weighted by Crippen LogP contribution is -2.34. The third-order valence-corrected chi connectivity index (χ3v) is 10.7. The number of aromatic hydroxyl groups is 1. The molecule has 0 aromatic heterocycles. The van der Waals surface area contributed by atoms with E-state index in [-0.39, 0.29) is 22.2 Å². The largest absolute Gasteiger partial charge is 0.508 e. The molecule has 1 unspecified atom stereocenters. The fourth-order valence-electron chi connectivity index (χ4n) is 7.06. The van der Waals surface area contributed by atoms with Crippen molar-refractivity contribution in [2.45, 2.75) is 147 Å². The van der Waals surface area contributed by atoms with Crippen LogP contribution in [0.5, 0.6) is 5.75 Å². The fraction of sp³-hybridized carbons (Fsp3) is 0.543. The van der Waals surface area contributed by atoms with Crippen molar-refractivity contribution in [2.24, 2.45) is 17.3 Å². The molecule has 6 heteroatoms. The molecule has 3 nitrogen and oxygen atoms in total. The number of carbonyl (C=O) groups excluding carboxylic acids is 1. The molecule has 0 saturated heterocycles. The average Bonchev–Trinajstić information content (AvgIpc) is 3.43. The van der Waals surface area contributed by atoms with Crippen molar-refractivity contribution in [1.29, 1.82) is 0 Å². The minimum Gasteiger partial charge on any atom is -0.508 e. The van der Waals surface area contributed by atoms with Crippen LogP contribution in [0.4, 0.5) is 4.39 Å². The van der Waals surface area contributed by atoms with E-state index >= 15 is 4.39 Å². The molecule has 0 aliphatic carbocycles. The zero-order valence-corrected chi connectivity index (χ0v) is 35.9. The summed E-state index contributed by atoms with van der Waals surface area (Å²) in [5.41, 5.74) is 3.37. The van der Waals surface area contributed by atoms with Crippen molar-refractivity contribution in [2.75, 3.05) is 0 Å². The standard InChI is InChI=1S/C35H40Cl2FNO2.C7H16.2C2H6/c1-7-11-25-28(31-33(21(6)8-2)39-34(41)35(31,9-3)15-10-12-20(4)5)19-29(37)30(32(25)38)27-18-24(40)16-22-13-14-23(36)17-26(22)27;1-4-7(5-2)6-3;2*1-2/h13-14,16-20,40H,6-12,15H2,1-5H3,(H,39,41);7H,4-6H2,1-3H3;2*1-2H3. The maximum absolute atomic E-state index is 17.0. The minimum absolute atomic E-state index is 0.0105. The molecular weight excluding hydrogens is 688 g/mol. The highest BCUT2D eigenvalue weighted by Gasteiger charge is 2.48. The summed E-state index contributed by atoms with van der Waals surface area (Å²) in [6.07, 6.45) is 8.98. The topological polar surface area (TPSA) is 49.3 Å². The lowest BCUT2D eigenvalue weighted by Gasteiger charge is -2.31. The van der Waals surface area contributed by atoms with E-state index in [0.29, 0.717) is 70.8 Å². The van der Waals surface area contributed by atoms with Gasteiger partial charge in [-0.2, -0.15) is 0 Å². The number of hydrogen-bond acceptors (Lipinski definition) is 2. The number of halogens is 3. The quantitative estimate of drug-likeness (QED) is 0.172. The van der Waals surface area contributed by atoms with Crippen LogP contribution in [0.25, 0.3) is 27.5 Å². The van der Waals surface area contributed by atoms with E-state index in [1.807, 2.05) is 54.5 Å². The lowest BCUT2D eigenvalue weighted by molar-refractivity contribution is -0.126. The molecular formula is C46H68Cl2FNO2. The van der Waals surface area contributed by atoms with Gasteiger partial charge in [0.05, 0.1) is 10.4 Å². The van der Waals surface area contributed by atoms with Crippen molar-refractivity contribution < 1.29 is 14.3 Å². The number of hydrogen-bond donors (Lipinski definition) is 2. The molecule has 1 amide bonds. The maximum Gasteiger partial charge on any atom is 0.235 e. The van der Waals surface area contributed by atoms with Crippen LogP contribution in [0.1, 0.15) is 152 Å². The normalized spacial score (nSPS) is 15.1. The van der Waals surface area contributed by atoms with Crippen LogP contribution < -0.4 is 5.32 Å². The summed E-state index contributed by atoms with van der Waals surface area (Å²) in [5.74, 6) is 1.01. The van der Waals surface area contributed by atoms with Crippen molar-refractivity contribution in [3.8, 4) is 16.9 Å². The van der Waals surface area contributed by atoms with E-state index < -0.39 is 11.2 Å². The van der Waals surface area contributed by atoms with Crippen LogP contribution >= 0.6 is 23.2 Å². The van der Waals surface area contributed by atoms with Gasteiger partial charge in [-0.15, -0.1) is 0 Å². The molecule has 0 bridgehead atoms. The second kappa shape index (κ2) is 23.1. The van der Waals surface area contributed by atoms with E-state index in [9.17, 15) is 9.90 Å². The molecule has 4 rings (SSSR count). The van der Waals surface area contributed by atoms with Crippen molar-refractivity contribution in [3.05, 3.63) is 81.2 Å². The predicted molar refractivity (Wildman–Crippen MR) is 228 cm³/mol. The SMILES string of the molecule is C=C(CC)C1=C(c2cc(Cl)c(-c3cc(O)cc4ccc(Cl)cc34)c(F)c2CCC)C(CC)(CCCC(C)C)C(=O)N1.CC.CC.CCC(CC)CC. The van der Waals surface area contributed by atoms with Crippen LogP contribution in [0.3, 0.4) is 0 Å². The van der Waals surface area contributed by atoms with Gasteiger partial charge >= 0.3 is 0 Å². The Morgan fingerprint density at radius 2 is 1.54 bits per heavy atom. The molecule has 1 aliphatic heterocycles. The number of rotatable bonds is 14. The van der Waals surface area contributed by atoms with Gasteiger partial charge < -0.3 is 10.4 Å². The summed E-state index contributed by atoms with van der Waals surface area (Å²) in [7, 11) is 0. The summed E-state index contributed by atoms with van der Waals surface area (Å²) >= 11 is 13.3. The zero-order valence-electron chi connectivity index (χ0n) is 34.4. The third kappa shape index (κ3) is 11.1. The first kappa shape index (κ1) is 47.2. The summed E-state index contributed by atoms with van der Waals surface area (Å²) in [6, 6.07) is 10.3. The first-order valence-corrected chi connectivity index (χ1v) is 20.8. The van der Waals surface area contributed by atoms with Crippen molar-refractivity contribution in [3.63, 3.8) is 0 Å². The molecule has 0 radical (unpaired) electrons. The number of fused-ring (bicyclic) bond motifs is 1. The van der Waals surface area contributed by atoms with Crippen molar-refractivity contribution in [1.82, 2.24) is 5.32 Å². The van der Waals surface area contributed by atoms with Crippen LogP contribution in [0.15, 0.2) is 54.2 Å². The van der Waals surface area contributed by atoms with Gasteiger partial charge in [0, 0.05) is 16.3 Å². The van der Waals surface area contributed by atoms with Crippen LogP contribution in [0, 0.1) is 23.1 Å². The van der Waals surface area contributed by atoms with Crippen LogP contribution in [-0.2, 0) is 11.2 Å². The van der Waals surface area contributed by atoms with E-state index in [2.05, 4.69) is 46.5 Å². The Morgan fingerprint density at radius 3 is 2.04 bits per heavy atom. The van der Waals surface area contributed by atoms with E-state index in [4.69, 9.17) is 23.2 Å². The molecule has 0 spiro atoms. The number of phenols is 1. The number of allylic oxidation sites excluding steroid dienone is 1. The van der Waals surface area contributed by atoms with E-state index in [0.717, 1.165) is 35.3 Å². The Morgan fingerprint density at radius 1 is 0.923 bits per heavy atom. The molecule has 1 aliphatic rings. The molecule has 2 N–H and O–H groups in total. The molecule has 0 saturated carbocycles. The molecule has 3 aromatic rings. The highest BCUT2D eigenvalue weighted by atomic mass is 35.5. The molecule has 52 heavy (non-hydrogen) atoms. The second-order valence-corrected chi connectivity index (χ2v) is 14.5. The fourth-order valence-corrected chi connectivity index (χ4v) is 7.53. The van der Waals surface area contributed by atoms with Gasteiger partial charge in [0.25, 0.3) is 0 Å². The Labute approximate surface area is 326 Å². The highest BCUT2D eigenvalue weighted by Crippen LogP contribution is 2.52. The first-order valence-electron chi connectivity index (χ1n) is 20.0. The van der Waals surface area contributed by atoms with E-state index in [1.54, 1.807) is 24.3 Å². The summed E-state index contributed by atoms with van der Waals surface area (Å²) < 4.78 is 17.0. The summed E-state index contributed by atoms with van der Waals surface area (Å²) in [6.45, 7) is 29.5. The van der Waals surface area contributed by atoms with E-state index in [1.165, 1.54) is 25.3 Å². The van der Waals surface area contributed by atoms with Gasteiger partial charge in [0.1, 0.15) is 11.6 Å². The van der Waals surface area contributed by atoms with Crippen molar-refractivity contribution >= 4 is 45.5 Å². The van der Waals surface area contributed by atoms with Gasteiger partial charge in [-0.25, -0.2) is 4.39 Å². The maximum atomic E-state index is 17.0. The smallest absolute Gasteiger partial charge is 0.235 e. The molecule has 1 heterocycles. The number of phenolic OH excluding ortho intramolecular Hbond substituents is 1. The molecule has 290 valence electrons. The van der Waals surface area contributed by atoms with Crippen LogP contribution in [0.2, 0.25) is 10.0 Å². The third-order valence-electron chi connectivity index (χ3n) is 10.2. The number of amides is 1.